The number of thioether (sulfide) groups is 1. The molecule has 0 spiro atoms. The van der Waals surface area contributed by atoms with E-state index in [9.17, 15) is 14.0 Å². The van der Waals surface area contributed by atoms with E-state index in [4.69, 9.17) is 11.6 Å². The predicted octanol–water partition coefficient (Wildman–Crippen LogP) is 4.16. The number of H-pyrrole nitrogens is 1. The summed E-state index contributed by atoms with van der Waals surface area (Å²) in [6.45, 7) is 3.76. The Bertz CT molecular complexity index is 1200. The molecule has 0 saturated carbocycles. The van der Waals surface area contributed by atoms with Gasteiger partial charge in [-0.2, -0.15) is 0 Å². The lowest BCUT2D eigenvalue weighted by Crippen LogP contribution is -2.35. The van der Waals surface area contributed by atoms with Crippen LogP contribution in [0.5, 0.6) is 0 Å². The first-order valence-electron chi connectivity index (χ1n) is 10.1. The SMILES string of the molecule is Cc1ccc(NC(=O)CSc2nc3c(c(=O)[nH]2)CN(Cc2ccc(F)cc2)CC3)cc1Cl. The summed E-state index contributed by atoms with van der Waals surface area (Å²) in [6, 6.07) is 11.7. The highest BCUT2D eigenvalue weighted by Crippen LogP contribution is 2.22. The average Bonchev–Trinajstić information content (AvgIpc) is 2.77. The Morgan fingerprint density at radius 2 is 2.06 bits per heavy atom. The minimum atomic E-state index is -0.264. The lowest BCUT2D eigenvalue weighted by Gasteiger charge is -2.27. The third kappa shape index (κ3) is 5.56. The van der Waals surface area contributed by atoms with Crippen molar-refractivity contribution in [2.45, 2.75) is 31.6 Å². The number of rotatable bonds is 6. The van der Waals surface area contributed by atoms with Crippen LogP contribution in [0.15, 0.2) is 52.4 Å². The van der Waals surface area contributed by atoms with Gasteiger partial charge in [-0.15, -0.1) is 0 Å². The van der Waals surface area contributed by atoms with Crippen LogP contribution in [0, 0.1) is 12.7 Å². The molecule has 1 amide bonds. The van der Waals surface area contributed by atoms with Gasteiger partial charge in [0.25, 0.3) is 5.56 Å². The van der Waals surface area contributed by atoms with Gasteiger partial charge in [0.1, 0.15) is 5.82 Å². The van der Waals surface area contributed by atoms with Crippen LogP contribution in [0.4, 0.5) is 10.1 Å². The number of nitrogens with zero attached hydrogens (tertiary/aromatic N) is 2. The number of aryl methyl sites for hydroxylation is 1. The molecule has 166 valence electrons. The minimum Gasteiger partial charge on any atom is -0.325 e. The van der Waals surface area contributed by atoms with Gasteiger partial charge in [-0.25, -0.2) is 9.37 Å². The molecule has 9 heteroatoms. The molecule has 2 N–H and O–H groups in total. The van der Waals surface area contributed by atoms with Gasteiger partial charge in [-0.1, -0.05) is 41.6 Å². The Morgan fingerprint density at radius 1 is 1.28 bits per heavy atom. The standard InChI is InChI=1S/C23H22ClFN4O2S/c1-14-2-7-17(10-19(14)24)26-21(30)13-32-23-27-20-8-9-29(12-18(20)22(31)28-23)11-15-3-5-16(25)6-4-15/h2-7,10H,8-9,11-13H2,1H3,(H,26,30)(H,27,28,31). The maximum atomic E-state index is 13.1. The second-order valence-corrected chi connectivity index (χ2v) is 9.06. The topological polar surface area (TPSA) is 78.1 Å². The molecule has 0 unspecified atom stereocenters. The number of aromatic nitrogens is 2. The van der Waals surface area contributed by atoms with Gasteiger partial charge >= 0.3 is 0 Å². The number of aromatic amines is 1. The molecule has 4 rings (SSSR count). The smallest absolute Gasteiger partial charge is 0.256 e. The average molecular weight is 473 g/mol. The Hall–Kier alpha value is -2.68. The van der Waals surface area contributed by atoms with Crippen LogP contribution in [0.2, 0.25) is 5.02 Å². The highest BCUT2D eigenvalue weighted by molar-refractivity contribution is 7.99. The van der Waals surface area contributed by atoms with Crippen molar-refractivity contribution in [3.63, 3.8) is 0 Å². The van der Waals surface area contributed by atoms with E-state index in [0.717, 1.165) is 23.4 Å². The monoisotopic (exact) mass is 472 g/mol. The third-order valence-electron chi connectivity index (χ3n) is 5.24. The minimum absolute atomic E-state index is 0.115. The van der Waals surface area contributed by atoms with Gasteiger partial charge in [0, 0.05) is 36.8 Å². The van der Waals surface area contributed by atoms with Crippen molar-refractivity contribution in [2.24, 2.45) is 0 Å². The molecule has 0 bridgehead atoms. The Labute approximate surface area is 194 Å². The van der Waals surface area contributed by atoms with E-state index in [-0.39, 0.29) is 23.0 Å². The van der Waals surface area contributed by atoms with Gasteiger partial charge < -0.3 is 10.3 Å². The first kappa shape index (κ1) is 22.5. The quantitative estimate of drug-likeness (QED) is 0.416. The summed E-state index contributed by atoms with van der Waals surface area (Å²) in [5.74, 6) is -0.357. The molecule has 3 aromatic rings. The molecular formula is C23H22ClFN4O2S. The summed E-state index contributed by atoms with van der Waals surface area (Å²) in [4.78, 5) is 34.4. The summed E-state index contributed by atoms with van der Waals surface area (Å²) >= 11 is 7.28. The molecule has 32 heavy (non-hydrogen) atoms. The van der Waals surface area contributed by atoms with E-state index >= 15 is 0 Å². The Morgan fingerprint density at radius 3 is 2.81 bits per heavy atom. The Balaban J connectivity index is 1.36. The molecule has 0 fully saturated rings. The van der Waals surface area contributed by atoms with E-state index in [1.807, 2.05) is 13.0 Å². The van der Waals surface area contributed by atoms with Crippen molar-refractivity contribution in [3.05, 3.63) is 86.0 Å². The summed E-state index contributed by atoms with van der Waals surface area (Å²) in [6.07, 6.45) is 0.641. The fraction of sp³-hybridized carbons (Fsp3) is 0.261. The van der Waals surface area contributed by atoms with Crippen molar-refractivity contribution < 1.29 is 9.18 Å². The third-order valence-corrected chi connectivity index (χ3v) is 6.52. The van der Waals surface area contributed by atoms with Gasteiger partial charge in [0.05, 0.1) is 17.0 Å². The maximum absolute atomic E-state index is 13.1. The fourth-order valence-corrected chi connectivity index (χ4v) is 4.37. The molecule has 0 atom stereocenters. The molecule has 1 aromatic heterocycles. The van der Waals surface area contributed by atoms with Crippen LogP contribution >= 0.6 is 23.4 Å². The molecule has 0 radical (unpaired) electrons. The van der Waals surface area contributed by atoms with Gasteiger partial charge in [-0.3, -0.25) is 14.5 Å². The lowest BCUT2D eigenvalue weighted by molar-refractivity contribution is -0.113. The molecule has 6 nitrogen and oxygen atoms in total. The molecule has 2 aromatic carbocycles. The number of amides is 1. The predicted molar refractivity (Wildman–Crippen MR) is 125 cm³/mol. The number of benzene rings is 2. The van der Waals surface area contributed by atoms with Crippen LogP contribution < -0.4 is 10.9 Å². The highest BCUT2D eigenvalue weighted by Gasteiger charge is 2.21. The number of fused-ring (bicyclic) bond motifs is 1. The zero-order valence-electron chi connectivity index (χ0n) is 17.5. The summed E-state index contributed by atoms with van der Waals surface area (Å²) in [5, 5.41) is 3.81. The van der Waals surface area contributed by atoms with Crippen molar-refractivity contribution in [3.8, 4) is 0 Å². The number of carbonyl (C=O) groups excluding carboxylic acids is 1. The van der Waals surface area contributed by atoms with Crippen LogP contribution in [0.3, 0.4) is 0 Å². The van der Waals surface area contributed by atoms with E-state index in [1.165, 1.54) is 23.9 Å². The van der Waals surface area contributed by atoms with Crippen molar-refractivity contribution >= 4 is 35.0 Å². The number of hydrogen-bond acceptors (Lipinski definition) is 5. The van der Waals surface area contributed by atoms with Crippen molar-refractivity contribution in [1.29, 1.82) is 0 Å². The van der Waals surface area contributed by atoms with E-state index in [2.05, 4.69) is 20.2 Å². The second-order valence-electron chi connectivity index (χ2n) is 7.68. The number of carbonyl (C=O) groups is 1. The summed E-state index contributed by atoms with van der Waals surface area (Å²) in [5.41, 5.74) is 3.77. The van der Waals surface area contributed by atoms with Crippen LogP contribution in [0.25, 0.3) is 0 Å². The fourth-order valence-electron chi connectivity index (χ4n) is 3.51. The summed E-state index contributed by atoms with van der Waals surface area (Å²) in [7, 11) is 0. The van der Waals surface area contributed by atoms with E-state index in [0.29, 0.717) is 40.9 Å². The number of hydrogen-bond donors (Lipinski definition) is 2. The number of halogens is 2. The second kappa shape index (κ2) is 9.85. The summed E-state index contributed by atoms with van der Waals surface area (Å²) < 4.78 is 13.1. The van der Waals surface area contributed by atoms with Gasteiger partial charge in [0.15, 0.2) is 5.16 Å². The van der Waals surface area contributed by atoms with Crippen LogP contribution in [-0.2, 0) is 24.3 Å². The molecule has 0 saturated heterocycles. The Kier molecular flexibility index (Phi) is 6.93. The largest absolute Gasteiger partial charge is 0.325 e. The maximum Gasteiger partial charge on any atom is 0.256 e. The van der Waals surface area contributed by atoms with E-state index in [1.54, 1.807) is 24.3 Å². The van der Waals surface area contributed by atoms with Gasteiger partial charge in [-0.05, 0) is 42.3 Å². The normalized spacial score (nSPS) is 13.6. The van der Waals surface area contributed by atoms with Crippen LogP contribution in [-0.4, -0.2) is 33.1 Å². The van der Waals surface area contributed by atoms with Crippen molar-refractivity contribution in [2.75, 3.05) is 17.6 Å². The lowest BCUT2D eigenvalue weighted by atomic mass is 10.1. The zero-order valence-corrected chi connectivity index (χ0v) is 19.0. The van der Waals surface area contributed by atoms with E-state index < -0.39 is 0 Å². The molecule has 2 heterocycles. The molecule has 1 aliphatic heterocycles. The molecule has 1 aliphatic rings. The number of nitrogens with one attached hydrogen (secondary N) is 2. The first-order valence-corrected chi connectivity index (χ1v) is 11.5. The van der Waals surface area contributed by atoms with Gasteiger partial charge in [0.2, 0.25) is 5.91 Å². The zero-order chi connectivity index (χ0) is 22.7. The highest BCUT2D eigenvalue weighted by atomic mass is 35.5. The number of anilines is 1. The van der Waals surface area contributed by atoms with Crippen LogP contribution in [0.1, 0.15) is 22.4 Å². The molecular weight excluding hydrogens is 451 g/mol. The molecule has 0 aliphatic carbocycles. The first-order chi connectivity index (χ1) is 15.4. The van der Waals surface area contributed by atoms with Crippen molar-refractivity contribution in [1.82, 2.24) is 14.9 Å².